The number of allylic oxidation sites excluding steroid dienone is 7. The van der Waals surface area contributed by atoms with Gasteiger partial charge in [-0.05, 0) is 42.3 Å². The van der Waals surface area contributed by atoms with Crippen LogP contribution >= 0.6 is 11.6 Å². The van der Waals surface area contributed by atoms with Crippen molar-refractivity contribution in [2.24, 2.45) is 0 Å². The number of rotatable bonds is 6. The van der Waals surface area contributed by atoms with Crippen molar-refractivity contribution in [3.8, 4) is 0 Å². The van der Waals surface area contributed by atoms with Gasteiger partial charge in [0.25, 0.3) is 5.91 Å². The van der Waals surface area contributed by atoms with E-state index in [2.05, 4.69) is 6.58 Å². The zero-order chi connectivity index (χ0) is 25.8. The predicted molar refractivity (Wildman–Crippen MR) is 137 cm³/mol. The van der Waals surface area contributed by atoms with Crippen LogP contribution in [0.25, 0.3) is 5.57 Å². The van der Waals surface area contributed by atoms with Crippen LogP contribution in [0.15, 0.2) is 89.4 Å². The van der Waals surface area contributed by atoms with Gasteiger partial charge in [0.1, 0.15) is 11.7 Å². The zero-order valence-corrected chi connectivity index (χ0v) is 21.1. The van der Waals surface area contributed by atoms with Crippen molar-refractivity contribution >= 4 is 32.9 Å². The third-order valence-electron chi connectivity index (χ3n) is 5.91. The van der Waals surface area contributed by atoms with E-state index in [0.717, 1.165) is 12.3 Å². The summed E-state index contributed by atoms with van der Waals surface area (Å²) in [5.74, 6) is -1.54. The molecule has 2 aliphatic rings. The minimum atomic E-state index is -3.38. The molecule has 5 nitrogen and oxygen atoms in total. The van der Waals surface area contributed by atoms with Crippen LogP contribution in [0.5, 0.6) is 0 Å². The molecule has 9 heteroatoms. The van der Waals surface area contributed by atoms with E-state index in [1.165, 1.54) is 25.2 Å². The average molecular weight is 521 g/mol. The highest BCUT2D eigenvalue weighted by molar-refractivity contribution is 7.94. The summed E-state index contributed by atoms with van der Waals surface area (Å²) < 4.78 is 51.5. The van der Waals surface area contributed by atoms with Gasteiger partial charge < -0.3 is 4.90 Å². The number of piperazine rings is 1. The molecule has 1 heterocycles. The molecule has 0 N–H and O–H groups in total. The zero-order valence-electron chi connectivity index (χ0n) is 19.5. The standard InChI is InChI=1S/C26H27ClF2N2O3S/c1-18(35(3,33)34)7-12-23(20-8-10-21(27)11-9-20)19(2)26(32)31-15-13-30(14-16-31)25-6-4-5-22(28)17-24(25)29/h4-12,17,25H,2,13-16H2,1,3H3/b18-7+,23-12+. The Morgan fingerprint density at radius 1 is 1.11 bits per heavy atom. The second-order valence-electron chi connectivity index (χ2n) is 8.35. The van der Waals surface area contributed by atoms with E-state index in [1.54, 1.807) is 41.3 Å². The van der Waals surface area contributed by atoms with Gasteiger partial charge in [-0.3, -0.25) is 9.69 Å². The Morgan fingerprint density at radius 2 is 1.74 bits per heavy atom. The molecule has 3 rings (SSSR count). The van der Waals surface area contributed by atoms with E-state index in [0.29, 0.717) is 42.3 Å². The molecule has 1 atom stereocenters. The van der Waals surface area contributed by atoms with Gasteiger partial charge in [-0.15, -0.1) is 0 Å². The number of sulfone groups is 1. The van der Waals surface area contributed by atoms with Crippen molar-refractivity contribution in [3.05, 3.63) is 100 Å². The molecule has 1 aromatic rings. The van der Waals surface area contributed by atoms with E-state index in [1.807, 2.05) is 4.90 Å². The van der Waals surface area contributed by atoms with Crippen LogP contribution < -0.4 is 0 Å². The van der Waals surface area contributed by atoms with Gasteiger partial charge in [0.2, 0.25) is 0 Å². The first-order valence-electron chi connectivity index (χ1n) is 11.0. The van der Waals surface area contributed by atoms with Gasteiger partial charge in [0.15, 0.2) is 9.84 Å². The second-order valence-corrected chi connectivity index (χ2v) is 11.0. The highest BCUT2D eigenvalue weighted by Gasteiger charge is 2.29. The van der Waals surface area contributed by atoms with Gasteiger partial charge in [0.05, 0.1) is 6.04 Å². The Labute approximate surface area is 210 Å². The van der Waals surface area contributed by atoms with Crippen molar-refractivity contribution in [2.45, 2.75) is 13.0 Å². The third kappa shape index (κ3) is 6.87. The van der Waals surface area contributed by atoms with Crippen LogP contribution in [-0.2, 0) is 14.6 Å². The summed E-state index contributed by atoms with van der Waals surface area (Å²) in [6, 6.07) is 6.13. The molecule has 0 aromatic heterocycles. The minimum Gasteiger partial charge on any atom is -0.336 e. The maximum atomic E-state index is 14.4. The van der Waals surface area contributed by atoms with Crippen LogP contribution in [0.1, 0.15) is 12.5 Å². The smallest absolute Gasteiger partial charge is 0.253 e. The second kappa shape index (κ2) is 11.3. The van der Waals surface area contributed by atoms with Crippen LogP contribution in [-0.4, -0.2) is 62.6 Å². The van der Waals surface area contributed by atoms with Gasteiger partial charge >= 0.3 is 0 Å². The molecule has 0 bridgehead atoms. The van der Waals surface area contributed by atoms with Crippen LogP contribution in [0.2, 0.25) is 5.02 Å². The van der Waals surface area contributed by atoms with Crippen molar-refractivity contribution in [2.75, 3.05) is 32.4 Å². The van der Waals surface area contributed by atoms with Crippen molar-refractivity contribution in [3.63, 3.8) is 0 Å². The molecule has 0 saturated carbocycles. The topological polar surface area (TPSA) is 57.7 Å². The number of amides is 1. The predicted octanol–water partition coefficient (Wildman–Crippen LogP) is 5.02. The molecule has 1 amide bonds. The summed E-state index contributed by atoms with van der Waals surface area (Å²) in [5, 5.41) is 0.521. The molecule has 1 fully saturated rings. The van der Waals surface area contributed by atoms with E-state index in [9.17, 15) is 22.0 Å². The molecule has 35 heavy (non-hydrogen) atoms. The van der Waals surface area contributed by atoms with E-state index in [4.69, 9.17) is 11.6 Å². The summed E-state index contributed by atoms with van der Waals surface area (Å²) in [6.07, 6.45) is 9.27. The maximum Gasteiger partial charge on any atom is 0.253 e. The first-order valence-corrected chi connectivity index (χ1v) is 13.2. The number of carbonyl (C=O) groups excluding carboxylic acids is 1. The fourth-order valence-electron chi connectivity index (χ4n) is 3.74. The SMILES string of the molecule is C=C(C(=O)N1CCN(C2C=CC=C(F)C=C2F)CC1)/C(=C\C=C(/C)S(C)(=O)=O)c1ccc(Cl)cc1. The molecule has 1 unspecified atom stereocenters. The van der Waals surface area contributed by atoms with Gasteiger partial charge in [-0.2, -0.15) is 0 Å². The van der Waals surface area contributed by atoms with Gasteiger partial charge in [-0.1, -0.05) is 48.5 Å². The van der Waals surface area contributed by atoms with Crippen molar-refractivity contribution < 1.29 is 22.0 Å². The third-order valence-corrected chi connectivity index (χ3v) is 7.47. The van der Waals surface area contributed by atoms with E-state index < -0.39 is 27.5 Å². The summed E-state index contributed by atoms with van der Waals surface area (Å²) in [4.78, 5) is 16.9. The van der Waals surface area contributed by atoms with E-state index in [-0.39, 0.29) is 16.4 Å². The summed E-state index contributed by atoms with van der Waals surface area (Å²) in [5.41, 5.74) is 1.33. The lowest BCUT2D eigenvalue weighted by atomic mass is 9.97. The Bertz CT molecular complexity index is 1250. The highest BCUT2D eigenvalue weighted by atomic mass is 35.5. The van der Waals surface area contributed by atoms with Crippen molar-refractivity contribution in [1.82, 2.24) is 9.80 Å². The lowest BCUT2D eigenvalue weighted by Gasteiger charge is -2.38. The quantitative estimate of drug-likeness (QED) is 0.390. The number of benzene rings is 1. The molecule has 0 spiro atoms. The average Bonchev–Trinajstić information content (AvgIpc) is 2.98. The normalized spacial score (nSPS) is 20.3. The van der Waals surface area contributed by atoms with Crippen molar-refractivity contribution in [1.29, 1.82) is 0 Å². The van der Waals surface area contributed by atoms with E-state index >= 15 is 0 Å². The van der Waals surface area contributed by atoms with Gasteiger partial charge in [-0.25, -0.2) is 17.2 Å². The Kier molecular flexibility index (Phi) is 8.64. The molecule has 1 saturated heterocycles. The molecular weight excluding hydrogens is 494 g/mol. The number of halogens is 3. The summed E-state index contributed by atoms with van der Waals surface area (Å²) >= 11 is 6.00. The van der Waals surface area contributed by atoms with Gasteiger partial charge in [0, 0.05) is 54.0 Å². The Balaban J connectivity index is 1.78. The molecule has 1 aliphatic carbocycles. The Hall–Kier alpha value is -2.81. The molecule has 186 valence electrons. The van der Waals surface area contributed by atoms with Crippen LogP contribution in [0, 0.1) is 0 Å². The first kappa shape index (κ1) is 26.8. The largest absolute Gasteiger partial charge is 0.336 e. The minimum absolute atomic E-state index is 0.148. The monoisotopic (exact) mass is 520 g/mol. The highest BCUT2D eigenvalue weighted by Crippen LogP contribution is 2.27. The summed E-state index contributed by atoms with van der Waals surface area (Å²) in [7, 11) is -3.38. The number of nitrogens with zero attached hydrogens (tertiary/aromatic N) is 2. The first-order chi connectivity index (χ1) is 16.5. The molecule has 1 aliphatic heterocycles. The number of hydrogen-bond acceptors (Lipinski definition) is 4. The fraction of sp³-hybridized carbons (Fsp3) is 0.269. The molecule has 0 radical (unpaired) electrons. The lowest BCUT2D eigenvalue weighted by molar-refractivity contribution is -0.128. The number of carbonyl (C=O) groups is 1. The summed E-state index contributed by atoms with van der Waals surface area (Å²) in [6.45, 7) is 6.92. The lowest BCUT2D eigenvalue weighted by Crippen LogP contribution is -2.52. The fourth-order valence-corrected chi connectivity index (χ4v) is 4.18. The molecular formula is C26H27ClF2N2O3S. The molecule has 1 aromatic carbocycles. The number of hydrogen-bond donors (Lipinski definition) is 0. The van der Waals surface area contributed by atoms with Crippen LogP contribution in [0.4, 0.5) is 8.78 Å². The van der Waals surface area contributed by atoms with Crippen LogP contribution in [0.3, 0.4) is 0 Å². The Morgan fingerprint density at radius 3 is 2.34 bits per heavy atom. The maximum absolute atomic E-state index is 14.4.